The molecule has 3 heterocycles. The maximum atomic E-state index is 6.50. The first-order chi connectivity index (χ1) is 19.3. The first-order valence-electron chi connectivity index (χ1n) is 13.1. The van der Waals surface area contributed by atoms with E-state index in [1.54, 1.807) is 0 Å². The highest BCUT2D eigenvalue weighted by molar-refractivity contribution is 6.11. The standard InChI is InChI=1S/C35H20N2O2/c1-2-10-22-20-30-28(19-21(22)9-1)36-35(27-15-7-13-25-23-11-3-5-17-31(23)38-33(25)27)37(30)29-16-8-14-26-24-12-4-6-18-32(24)39-34(26)29/h1-20H. The average molecular weight is 501 g/mol. The summed E-state index contributed by atoms with van der Waals surface area (Å²) >= 11 is 0. The minimum absolute atomic E-state index is 0.818. The summed E-state index contributed by atoms with van der Waals surface area (Å²) in [4.78, 5) is 5.25. The van der Waals surface area contributed by atoms with Gasteiger partial charge in [-0.15, -0.1) is 0 Å². The van der Waals surface area contributed by atoms with Crippen LogP contribution in [0.3, 0.4) is 0 Å². The molecule has 4 heteroatoms. The Bertz CT molecular complexity index is 2400. The zero-order valence-electron chi connectivity index (χ0n) is 20.8. The Morgan fingerprint density at radius 1 is 0.513 bits per heavy atom. The van der Waals surface area contributed by atoms with Crippen LogP contribution in [-0.4, -0.2) is 9.55 Å². The van der Waals surface area contributed by atoms with Crippen LogP contribution in [0.4, 0.5) is 0 Å². The molecule has 0 fully saturated rings. The van der Waals surface area contributed by atoms with E-state index in [1.807, 2.05) is 30.3 Å². The van der Waals surface area contributed by atoms with Crippen molar-refractivity contribution in [1.29, 1.82) is 0 Å². The third kappa shape index (κ3) is 2.85. The molecule has 39 heavy (non-hydrogen) atoms. The number of nitrogens with zero attached hydrogens (tertiary/aromatic N) is 2. The fourth-order valence-corrected chi connectivity index (χ4v) is 6.02. The van der Waals surface area contributed by atoms with Crippen LogP contribution in [0.25, 0.3) is 82.8 Å². The molecule has 0 aliphatic carbocycles. The second kappa shape index (κ2) is 7.59. The number of rotatable bonds is 2. The fraction of sp³-hybridized carbons (Fsp3) is 0. The summed E-state index contributed by atoms with van der Waals surface area (Å²) in [7, 11) is 0. The Kier molecular flexibility index (Phi) is 4.02. The summed E-state index contributed by atoms with van der Waals surface area (Å²) in [5, 5.41) is 6.68. The number of hydrogen-bond donors (Lipinski definition) is 0. The molecule has 0 aliphatic rings. The Labute approximate surface area is 222 Å². The molecule has 6 aromatic carbocycles. The monoisotopic (exact) mass is 500 g/mol. The summed E-state index contributed by atoms with van der Waals surface area (Å²) in [5.41, 5.74) is 7.24. The largest absolute Gasteiger partial charge is 0.455 e. The molecule has 9 aromatic rings. The third-order valence-corrected chi connectivity index (χ3v) is 7.79. The molecule has 9 rings (SSSR count). The Hall–Kier alpha value is -5.35. The van der Waals surface area contributed by atoms with Crippen molar-refractivity contribution in [2.24, 2.45) is 0 Å². The van der Waals surface area contributed by atoms with Crippen molar-refractivity contribution in [1.82, 2.24) is 9.55 Å². The minimum Gasteiger partial charge on any atom is -0.455 e. The number of benzene rings is 6. The van der Waals surface area contributed by atoms with Crippen molar-refractivity contribution in [2.75, 3.05) is 0 Å². The van der Waals surface area contributed by atoms with Gasteiger partial charge in [0.2, 0.25) is 0 Å². The predicted octanol–water partition coefficient (Wildman–Crippen LogP) is 9.64. The van der Waals surface area contributed by atoms with Gasteiger partial charge in [-0.05, 0) is 47.2 Å². The van der Waals surface area contributed by atoms with E-state index in [9.17, 15) is 0 Å². The normalized spacial score (nSPS) is 12.1. The molecule has 3 aromatic heterocycles. The van der Waals surface area contributed by atoms with E-state index in [-0.39, 0.29) is 0 Å². The topological polar surface area (TPSA) is 44.1 Å². The van der Waals surface area contributed by atoms with Crippen molar-refractivity contribution in [3.05, 3.63) is 121 Å². The van der Waals surface area contributed by atoms with Gasteiger partial charge in [0.15, 0.2) is 5.58 Å². The van der Waals surface area contributed by atoms with E-state index in [2.05, 4.69) is 95.6 Å². The van der Waals surface area contributed by atoms with E-state index in [4.69, 9.17) is 13.8 Å². The van der Waals surface area contributed by atoms with Gasteiger partial charge in [-0.1, -0.05) is 84.9 Å². The molecule has 0 unspecified atom stereocenters. The van der Waals surface area contributed by atoms with E-state index in [1.165, 1.54) is 0 Å². The van der Waals surface area contributed by atoms with Gasteiger partial charge >= 0.3 is 0 Å². The number of aromatic nitrogens is 2. The molecule has 0 aliphatic heterocycles. The summed E-state index contributed by atoms with van der Waals surface area (Å²) in [6, 6.07) is 41.8. The smallest absolute Gasteiger partial charge is 0.159 e. The lowest BCUT2D eigenvalue weighted by Gasteiger charge is -2.11. The molecule has 0 saturated heterocycles. The van der Waals surface area contributed by atoms with Gasteiger partial charge in [-0.2, -0.15) is 0 Å². The van der Waals surface area contributed by atoms with E-state index < -0.39 is 0 Å². The molecule has 0 bridgehead atoms. The van der Waals surface area contributed by atoms with Crippen molar-refractivity contribution < 1.29 is 8.83 Å². The number of hydrogen-bond acceptors (Lipinski definition) is 3. The average Bonchev–Trinajstić information content (AvgIpc) is 3.67. The number of para-hydroxylation sites is 4. The predicted molar refractivity (Wildman–Crippen MR) is 159 cm³/mol. The van der Waals surface area contributed by atoms with Crippen LogP contribution in [0, 0.1) is 0 Å². The fourth-order valence-electron chi connectivity index (χ4n) is 6.02. The molecular weight excluding hydrogens is 480 g/mol. The lowest BCUT2D eigenvalue weighted by Crippen LogP contribution is -1.98. The van der Waals surface area contributed by atoms with Crippen LogP contribution in [-0.2, 0) is 0 Å². The molecule has 0 N–H and O–H groups in total. The first kappa shape index (κ1) is 20.7. The quantitative estimate of drug-likeness (QED) is 0.237. The number of furan rings is 2. The van der Waals surface area contributed by atoms with Gasteiger partial charge in [-0.3, -0.25) is 4.57 Å². The van der Waals surface area contributed by atoms with Crippen LogP contribution < -0.4 is 0 Å². The Morgan fingerprint density at radius 3 is 1.87 bits per heavy atom. The van der Waals surface area contributed by atoms with Crippen molar-refractivity contribution in [3.63, 3.8) is 0 Å². The lowest BCUT2D eigenvalue weighted by atomic mass is 10.1. The van der Waals surface area contributed by atoms with E-state index >= 15 is 0 Å². The maximum absolute atomic E-state index is 6.50. The molecule has 0 saturated carbocycles. The zero-order chi connectivity index (χ0) is 25.5. The van der Waals surface area contributed by atoms with Gasteiger partial charge in [-0.25, -0.2) is 4.98 Å². The second-order valence-electron chi connectivity index (χ2n) is 9.99. The number of fused-ring (bicyclic) bond motifs is 8. The zero-order valence-corrected chi connectivity index (χ0v) is 20.8. The summed E-state index contributed by atoms with van der Waals surface area (Å²) < 4.78 is 15.2. The lowest BCUT2D eigenvalue weighted by molar-refractivity contribution is 0.665. The third-order valence-electron chi connectivity index (χ3n) is 7.79. The molecule has 0 spiro atoms. The maximum Gasteiger partial charge on any atom is 0.159 e. The summed E-state index contributed by atoms with van der Waals surface area (Å²) in [5.74, 6) is 0.818. The minimum atomic E-state index is 0.818. The SMILES string of the molecule is c1ccc2cc3c(cc2c1)nc(-c1cccc2c1oc1ccccc12)n3-c1cccc2c1oc1ccccc12. The second-order valence-corrected chi connectivity index (χ2v) is 9.99. The van der Waals surface area contributed by atoms with Gasteiger partial charge in [0.05, 0.1) is 22.3 Å². The van der Waals surface area contributed by atoms with Crippen LogP contribution in [0.2, 0.25) is 0 Å². The van der Waals surface area contributed by atoms with E-state index in [0.29, 0.717) is 0 Å². The highest BCUT2D eigenvalue weighted by atomic mass is 16.3. The molecule has 182 valence electrons. The Balaban J connectivity index is 1.45. The highest BCUT2D eigenvalue weighted by Gasteiger charge is 2.22. The number of imidazole rings is 1. The van der Waals surface area contributed by atoms with Crippen molar-refractivity contribution in [3.8, 4) is 17.1 Å². The molecular formula is C35H20N2O2. The van der Waals surface area contributed by atoms with Crippen molar-refractivity contribution >= 4 is 65.7 Å². The van der Waals surface area contributed by atoms with Crippen LogP contribution >= 0.6 is 0 Å². The van der Waals surface area contributed by atoms with Gasteiger partial charge in [0.1, 0.15) is 22.6 Å². The first-order valence-corrected chi connectivity index (χ1v) is 13.1. The summed E-state index contributed by atoms with van der Waals surface area (Å²) in [6.07, 6.45) is 0. The molecule has 4 nitrogen and oxygen atoms in total. The van der Waals surface area contributed by atoms with Gasteiger partial charge in [0, 0.05) is 21.5 Å². The van der Waals surface area contributed by atoms with Crippen LogP contribution in [0.1, 0.15) is 0 Å². The van der Waals surface area contributed by atoms with E-state index in [0.717, 1.165) is 82.8 Å². The Morgan fingerprint density at radius 2 is 1.10 bits per heavy atom. The van der Waals surface area contributed by atoms with Crippen molar-refractivity contribution in [2.45, 2.75) is 0 Å². The summed E-state index contributed by atoms with van der Waals surface area (Å²) in [6.45, 7) is 0. The van der Waals surface area contributed by atoms with Crippen LogP contribution in [0.5, 0.6) is 0 Å². The molecule has 0 atom stereocenters. The highest BCUT2D eigenvalue weighted by Crippen LogP contribution is 2.40. The van der Waals surface area contributed by atoms with Crippen LogP contribution in [0.15, 0.2) is 130 Å². The molecule has 0 amide bonds. The van der Waals surface area contributed by atoms with Gasteiger partial charge < -0.3 is 8.83 Å². The van der Waals surface area contributed by atoms with Gasteiger partial charge in [0.25, 0.3) is 0 Å². The molecule has 0 radical (unpaired) electrons.